The van der Waals surface area contributed by atoms with Gasteiger partial charge in [-0.2, -0.15) is 0 Å². The molecule has 0 aromatic carbocycles. The summed E-state index contributed by atoms with van der Waals surface area (Å²) in [5, 5.41) is 9.85. The SMILES string of the molecule is CC1(O)CCN(C(=O)c2cccc(NN)n2)CC1. The highest BCUT2D eigenvalue weighted by Crippen LogP contribution is 2.22. The fourth-order valence-electron chi connectivity index (χ4n) is 1.99. The number of anilines is 1. The van der Waals surface area contributed by atoms with Crippen molar-refractivity contribution in [2.75, 3.05) is 18.5 Å². The highest BCUT2D eigenvalue weighted by Gasteiger charge is 2.30. The van der Waals surface area contributed by atoms with E-state index >= 15 is 0 Å². The Labute approximate surface area is 106 Å². The lowest BCUT2D eigenvalue weighted by molar-refractivity contribution is -0.00218. The summed E-state index contributed by atoms with van der Waals surface area (Å²) >= 11 is 0. The second-order valence-electron chi connectivity index (χ2n) is 4.84. The molecule has 1 amide bonds. The van der Waals surface area contributed by atoms with Gasteiger partial charge in [-0.1, -0.05) is 6.07 Å². The molecule has 1 aliphatic rings. The molecule has 98 valence electrons. The summed E-state index contributed by atoms with van der Waals surface area (Å²) < 4.78 is 0. The summed E-state index contributed by atoms with van der Waals surface area (Å²) in [6.45, 7) is 2.90. The number of carbonyl (C=O) groups excluding carboxylic acids is 1. The molecule has 4 N–H and O–H groups in total. The van der Waals surface area contributed by atoms with Crippen LogP contribution in [0, 0.1) is 0 Å². The van der Waals surface area contributed by atoms with E-state index in [4.69, 9.17) is 5.84 Å². The van der Waals surface area contributed by atoms with Gasteiger partial charge in [0.15, 0.2) is 0 Å². The minimum atomic E-state index is -0.662. The minimum Gasteiger partial charge on any atom is -0.390 e. The predicted octanol–water partition coefficient (Wildman–Crippen LogP) is 0.354. The van der Waals surface area contributed by atoms with Gasteiger partial charge in [0, 0.05) is 13.1 Å². The number of aliphatic hydroxyl groups is 1. The summed E-state index contributed by atoms with van der Waals surface area (Å²) in [4.78, 5) is 18.0. The van der Waals surface area contributed by atoms with Gasteiger partial charge in [0.2, 0.25) is 0 Å². The largest absolute Gasteiger partial charge is 0.390 e. The number of carbonyl (C=O) groups is 1. The van der Waals surface area contributed by atoms with Crippen molar-refractivity contribution < 1.29 is 9.90 Å². The van der Waals surface area contributed by atoms with Crippen LogP contribution in [0.1, 0.15) is 30.3 Å². The number of hydrogen-bond donors (Lipinski definition) is 3. The number of nitrogens with zero attached hydrogens (tertiary/aromatic N) is 2. The third-order valence-electron chi connectivity index (χ3n) is 3.24. The first-order valence-corrected chi connectivity index (χ1v) is 5.97. The molecular weight excluding hydrogens is 232 g/mol. The second kappa shape index (κ2) is 4.91. The number of likely N-dealkylation sites (tertiary alicyclic amines) is 1. The lowest BCUT2D eigenvalue weighted by Gasteiger charge is -2.35. The van der Waals surface area contributed by atoms with Crippen LogP contribution < -0.4 is 11.3 Å². The number of nitrogens with two attached hydrogens (primary N) is 1. The Morgan fingerprint density at radius 3 is 2.78 bits per heavy atom. The van der Waals surface area contributed by atoms with Crippen molar-refractivity contribution in [3.05, 3.63) is 23.9 Å². The highest BCUT2D eigenvalue weighted by atomic mass is 16.3. The molecule has 1 aliphatic heterocycles. The van der Waals surface area contributed by atoms with Crippen molar-refractivity contribution >= 4 is 11.7 Å². The standard InChI is InChI=1S/C12H18N4O2/c1-12(18)5-7-16(8-6-12)11(17)9-3-2-4-10(14-9)15-13/h2-4,18H,5-8,13H2,1H3,(H,14,15). The maximum absolute atomic E-state index is 12.2. The van der Waals surface area contributed by atoms with Crippen molar-refractivity contribution in [1.29, 1.82) is 0 Å². The van der Waals surface area contributed by atoms with E-state index in [1.54, 1.807) is 30.0 Å². The van der Waals surface area contributed by atoms with Gasteiger partial charge in [0.05, 0.1) is 5.60 Å². The second-order valence-corrected chi connectivity index (χ2v) is 4.84. The number of aromatic nitrogens is 1. The van der Waals surface area contributed by atoms with Gasteiger partial charge < -0.3 is 15.4 Å². The molecule has 2 rings (SSSR count). The fraction of sp³-hybridized carbons (Fsp3) is 0.500. The van der Waals surface area contributed by atoms with E-state index in [9.17, 15) is 9.90 Å². The van der Waals surface area contributed by atoms with Crippen LogP contribution in [0.2, 0.25) is 0 Å². The van der Waals surface area contributed by atoms with Crippen LogP contribution in [-0.4, -0.2) is 39.6 Å². The van der Waals surface area contributed by atoms with E-state index < -0.39 is 5.60 Å². The molecule has 0 radical (unpaired) electrons. The molecule has 1 saturated heterocycles. The van der Waals surface area contributed by atoms with Crippen molar-refractivity contribution in [2.45, 2.75) is 25.4 Å². The maximum atomic E-state index is 12.2. The third kappa shape index (κ3) is 2.77. The molecule has 6 nitrogen and oxygen atoms in total. The summed E-state index contributed by atoms with van der Waals surface area (Å²) in [7, 11) is 0. The van der Waals surface area contributed by atoms with Gasteiger partial charge in [-0.3, -0.25) is 4.79 Å². The Morgan fingerprint density at radius 1 is 1.50 bits per heavy atom. The first-order valence-electron chi connectivity index (χ1n) is 5.97. The van der Waals surface area contributed by atoms with Crippen molar-refractivity contribution in [1.82, 2.24) is 9.88 Å². The average molecular weight is 250 g/mol. The summed E-state index contributed by atoms with van der Waals surface area (Å²) in [5.74, 6) is 5.60. The van der Waals surface area contributed by atoms with Crippen LogP contribution in [0.4, 0.5) is 5.82 Å². The zero-order valence-corrected chi connectivity index (χ0v) is 10.4. The molecule has 0 saturated carbocycles. The normalized spacial score (nSPS) is 18.5. The molecule has 0 bridgehead atoms. The Hall–Kier alpha value is -1.66. The lowest BCUT2D eigenvalue weighted by atomic mass is 9.94. The number of amides is 1. The predicted molar refractivity (Wildman–Crippen MR) is 67.8 cm³/mol. The molecule has 18 heavy (non-hydrogen) atoms. The number of nitrogens with one attached hydrogen (secondary N) is 1. The van der Waals surface area contributed by atoms with Crippen molar-refractivity contribution in [3.63, 3.8) is 0 Å². The van der Waals surface area contributed by atoms with Crippen LogP contribution in [0.25, 0.3) is 0 Å². The van der Waals surface area contributed by atoms with Gasteiger partial charge in [0.25, 0.3) is 5.91 Å². The molecule has 0 spiro atoms. The molecular formula is C12H18N4O2. The van der Waals surface area contributed by atoms with Crippen molar-refractivity contribution in [3.8, 4) is 0 Å². The Morgan fingerprint density at radius 2 is 2.17 bits per heavy atom. The third-order valence-corrected chi connectivity index (χ3v) is 3.24. The first-order chi connectivity index (χ1) is 8.52. The molecule has 0 aliphatic carbocycles. The van der Waals surface area contributed by atoms with E-state index in [1.807, 2.05) is 0 Å². The van der Waals surface area contributed by atoms with Crippen LogP contribution in [-0.2, 0) is 0 Å². The van der Waals surface area contributed by atoms with Crippen LogP contribution >= 0.6 is 0 Å². The average Bonchev–Trinajstić information content (AvgIpc) is 2.38. The zero-order chi connectivity index (χ0) is 13.2. The zero-order valence-electron chi connectivity index (χ0n) is 10.4. The molecule has 0 unspecified atom stereocenters. The molecule has 1 aromatic rings. The van der Waals surface area contributed by atoms with Gasteiger partial charge in [0.1, 0.15) is 11.5 Å². The van der Waals surface area contributed by atoms with Gasteiger partial charge >= 0.3 is 0 Å². The van der Waals surface area contributed by atoms with Gasteiger partial charge in [-0.15, -0.1) is 0 Å². The van der Waals surface area contributed by atoms with E-state index in [-0.39, 0.29) is 5.91 Å². The van der Waals surface area contributed by atoms with E-state index in [0.29, 0.717) is 37.4 Å². The van der Waals surface area contributed by atoms with Gasteiger partial charge in [-0.05, 0) is 31.9 Å². The summed E-state index contributed by atoms with van der Waals surface area (Å²) in [5.41, 5.74) is 2.12. The van der Waals surface area contributed by atoms with E-state index in [0.717, 1.165) is 0 Å². The number of nitrogen functional groups attached to an aromatic ring is 1. The quantitative estimate of drug-likeness (QED) is 0.520. The number of hydrazine groups is 1. The van der Waals surface area contributed by atoms with Crippen LogP contribution in [0.3, 0.4) is 0 Å². The molecule has 1 fully saturated rings. The van der Waals surface area contributed by atoms with Crippen LogP contribution in [0.5, 0.6) is 0 Å². The van der Waals surface area contributed by atoms with Crippen LogP contribution in [0.15, 0.2) is 18.2 Å². The summed E-state index contributed by atoms with van der Waals surface area (Å²) in [6, 6.07) is 5.09. The molecule has 2 heterocycles. The maximum Gasteiger partial charge on any atom is 0.272 e. The van der Waals surface area contributed by atoms with E-state index in [1.165, 1.54) is 0 Å². The topological polar surface area (TPSA) is 91.5 Å². The molecule has 0 atom stereocenters. The smallest absolute Gasteiger partial charge is 0.272 e. The Kier molecular flexibility index (Phi) is 3.49. The first kappa shape index (κ1) is 12.8. The number of pyridine rings is 1. The number of hydrogen-bond acceptors (Lipinski definition) is 5. The molecule has 6 heteroatoms. The summed E-state index contributed by atoms with van der Waals surface area (Å²) in [6.07, 6.45) is 1.18. The monoisotopic (exact) mass is 250 g/mol. The highest BCUT2D eigenvalue weighted by molar-refractivity contribution is 5.92. The fourth-order valence-corrected chi connectivity index (χ4v) is 1.99. The number of piperidine rings is 1. The lowest BCUT2D eigenvalue weighted by Crippen LogP contribution is -2.45. The Bertz CT molecular complexity index is 437. The molecule has 1 aromatic heterocycles. The van der Waals surface area contributed by atoms with E-state index in [2.05, 4.69) is 10.4 Å². The minimum absolute atomic E-state index is 0.123. The van der Waals surface area contributed by atoms with Gasteiger partial charge in [-0.25, -0.2) is 10.8 Å². The van der Waals surface area contributed by atoms with Crippen molar-refractivity contribution in [2.24, 2.45) is 5.84 Å². The number of rotatable bonds is 2. The Balaban J connectivity index is 2.07.